The zero-order valence-corrected chi connectivity index (χ0v) is 10.1. The van der Waals surface area contributed by atoms with Crippen LogP contribution in [0.4, 0.5) is 0 Å². The van der Waals surface area contributed by atoms with Crippen LogP contribution < -0.4 is 11.3 Å². The number of nitrogens with two attached hydrogens (primary N) is 1. The summed E-state index contributed by atoms with van der Waals surface area (Å²) in [6.07, 6.45) is 1.38. The molecule has 4 N–H and O–H groups in total. The van der Waals surface area contributed by atoms with Gasteiger partial charge in [0.05, 0.1) is 5.69 Å². The van der Waals surface area contributed by atoms with Crippen molar-refractivity contribution in [2.24, 2.45) is 5.73 Å². The van der Waals surface area contributed by atoms with Crippen LogP contribution >= 0.6 is 11.8 Å². The third-order valence-electron chi connectivity index (χ3n) is 2.19. The largest absolute Gasteiger partial charge is 0.480 e. The van der Waals surface area contributed by atoms with Crippen LogP contribution in [0.15, 0.2) is 17.2 Å². The van der Waals surface area contributed by atoms with Crippen molar-refractivity contribution >= 4 is 23.5 Å². The number of aliphatic carboxylic acids is 1. The summed E-state index contributed by atoms with van der Waals surface area (Å²) in [4.78, 5) is 30.1. The molecule has 2 heterocycles. The van der Waals surface area contributed by atoms with E-state index in [1.165, 1.54) is 28.7 Å². The van der Waals surface area contributed by atoms with Crippen LogP contribution in [0.25, 0.3) is 5.78 Å². The standard InChI is InChI=1S/C9H11N5O3S/c10-6(8(16)17)3-18-2-5-1-7(15)14-9(13-5)11-4-12-14/h1,4,6H,2-3,10H2,(H,16,17)(H,11,12,13)/t6-/m0/s1. The number of nitrogens with zero attached hydrogens (tertiary/aromatic N) is 3. The van der Waals surface area contributed by atoms with Crippen LogP contribution in [0.5, 0.6) is 0 Å². The predicted molar refractivity (Wildman–Crippen MR) is 65.4 cm³/mol. The normalized spacial score (nSPS) is 12.7. The van der Waals surface area contributed by atoms with Gasteiger partial charge >= 0.3 is 5.97 Å². The van der Waals surface area contributed by atoms with Crippen LogP contribution in [0, 0.1) is 0 Å². The SMILES string of the molecule is N[C@@H](CSCc1cc(=O)n2[nH]cnc2n1)C(=O)O. The number of hydrogen-bond acceptors (Lipinski definition) is 6. The van der Waals surface area contributed by atoms with E-state index in [0.29, 0.717) is 17.2 Å². The number of carbonyl (C=O) groups is 1. The third-order valence-corrected chi connectivity index (χ3v) is 3.28. The van der Waals surface area contributed by atoms with Crippen LogP contribution in [0.3, 0.4) is 0 Å². The van der Waals surface area contributed by atoms with Crippen molar-refractivity contribution in [3.8, 4) is 0 Å². The molecule has 0 saturated carbocycles. The number of carboxylic acids is 1. The molecule has 0 aliphatic carbocycles. The highest BCUT2D eigenvalue weighted by Crippen LogP contribution is 2.10. The molecule has 0 unspecified atom stereocenters. The number of aromatic nitrogens is 4. The fraction of sp³-hybridized carbons (Fsp3) is 0.333. The molecule has 0 aromatic carbocycles. The number of hydrogen-bond donors (Lipinski definition) is 3. The predicted octanol–water partition coefficient (Wildman–Crippen LogP) is -0.937. The maximum atomic E-state index is 11.6. The minimum absolute atomic E-state index is 0.254. The highest BCUT2D eigenvalue weighted by atomic mass is 32.2. The lowest BCUT2D eigenvalue weighted by atomic mass is 10.4. The second-order valence-electron chi connectivity index (χ2n) is 3.57. The van der Waals surface area contributed by atoms with Gasteiger partial charge in [-0.3, -0.25) is 14.7 Å². The van der Waals surface area contributed by atoms with E-state index >= 15 is 0 Å². The number of rotatable bonds is 5. The van der Waals surface area contributed by atoms with Gasteiger partial charge in [0, 0.05) is 17.6 Å². The van der Waals surface area contributed by atoms with Gasteiger partial charge in [0.15, 0.2) is 0 Å². The summed E-state index contributed by atoms with van der Waals surface area (Å²) in [5, 5.41) is 11.2. The maximum absolute atomic E-state index is 11.6. The van der Waals surface area contributed by atoms with Crippen LogP contribution in [-0.4, -0.2) is 42.5 Å². The molecule has 0 aliphatic heterocycles. The van der Waals surface area contributed by atoms with Crippen molar-refractivity contribution in [2.45, 2.75) is 11.8 Å². The van der Waals surface area contributed by atoms with Crippen LogP contribution in [0.1, 0.15) is 5.69 Å². The topological polar surface area (TPSA) is 126 Å². The highest BCUT2D eigenvalue weighted by molar-refractivity contribution is 7.98. The minimum Gasteiger partial charge on any atom is -0.480 e. The first kappa shape index (κ1) is 12.6. The molecular formula is C9H11N5O3S. The summed E-state index contributed by atoms with van der Waals surface area (Å²) in [7, 11) is 0. The van der Waals surface area contributed by atoms with Crippen molar-refractivity contribution in [1.29, 1.82) is 0 Å². The Morgan fingerprint density at radius 2 is 2.44 bits per heavy atom. The first-order valence-electron chi connectivity index (χ1n) is 5.06. The van der Waals surface area contributed by atoms with Gasteiger partial charge in [-0.05, 0) is 0 Å². The Kier molecular flexibility index (Phi) is 3.63. The summed E-state index contributed by atoms with van der Waals surface area (Å²) in [6, 6.07) is 0.468. The summed E-state index contributed by atoms with van der Waals surface area (Å²) < 4.78 is 1.22. The molecule has 1 atom stereocenters. The third kappa shape index (κ3) is 2.68. The number of H-pyrrole nitrogens is 1. The second kappa shape index (κ2) is 5.19. The smallest absolute Gasteiger partial charge is 0.321 e. The molecule has 18 heavy (non-hydrogen) atoms. The second-order valence-corrected chi connectivity index (χ2v) is 4.60. The zero-order valence-electron chi connectivity index (χ0n) is 9.24. The Bertz CT molecular complexity index is 622. The van der Waals surface area contributed by atoms with Crippen molar-refractivity contribution < 1.29 is 9.90 Å². The molecule has 2 rings (SSSR count). The molecule has 0 bridgehead atoms. The molecule has 2 aromatic rings. The van der Waals surface area contributed by atoms with Gasteiger partial charge in [0.2, 0.25) is 0 Å². The van der Waals surface area contributed by atoms with E-state index in [-0.39, 0.29) is 11.3 Å². The van der Waals surface area contributed by atoms with Gasteiger partial charge in [-0.15, -0.1) is 0 Å². The molecule has 0 fully saturated rings. The summed E-state index contributed by atoms with van der Waals surface area (Å²) in [5.41, 5.74) is 5.66. The van der Waals surface area contributed by atoms with Crippen molar-refractivity contribution in [3.05, 3.63) is 28.4 Å². The van der Waals surface area contributed by atoms with Gasteiger partial charge in [0.25, 0.3) is 11.3 Å². The van der Waals surface area contributed by atoms with E-state index in [9.17, 15) is 9.59 Å². The quantitative estimate of drug-likeness (QED) is 0.639. The van der Waals surface area contributed by atoms with E-state index in [0.717, 1.165) is 0 Å². The molecule has 8 nitrogen and oxygen atoms in total. The molecule has 0 aliphatic rings. The Balaban J connectivity index is 2.04. The number of thioether (sulfide) groups is 1. The summed E-state index contributed by atoms with van der Waals surface area (Å²) in [6.45, 7) is 0. The summed E-state index contributed by atoms with van der Waals surface area (Å²) >= 11 is 1.31. The Morgan fingerprint density at radius 1 is 1.67 bits per heavy atom. The average molecular weight is 269 g/mol. The van der Waals surface area contributed by atoms with Crippen LogP contribution in [-0.2, 0) is 10.5 Å². The first-order chi connectivity index (χ1) is 8.58. The van der Waals surface area contributed by atoms with Crippen LogP contribution in [0.2, 0.25) is 0 Å². The van der Waals surface area contributed by atoms with E-state index in [4.69, 9.17) is 10.8 Å². The lowest BCUT2D eigenvalue weighted by Gasteiger charge is -2.05. The Labute approximate surface area is 105 Å². The van der Waals surface area contributed by atoms with Crippen molar-refractivity contribution in [3.63, 3.8) is 0 Å². The monoisotopic (exact) mass is 269 g/mol. The molecule has 0 amide bonds. The van der Waals surface area contributed by atoms with Crippen molar-refractivity contribution in [2.75, 3.05) is 5.75 Å². The zero-order chi connectivity index (χ0) is 13.1. The molecule has 9 heteroatoms. The maximum Gasteiger partial charge on any atom is 0.321 e. The lowest BCUT2D eigenvalue weighted by molar-refractivity contribution is -0.137. The average Bonchev–Trinajstić information content (AvgIpc) is 2.77. The van der Waals surface area contributed by atoms with Gasteiger partial charge in [-0.1, -0.05) is 0 Å². The van der Waals surface area contributed by atoms with Gasteiger partial charge in [-0.25, -0.2) is 9.97 Å². The lowest BCUT2D eigenvalue weighted by Crippen LogP contribution is -2.32. The molecule has 0 saturated heterocycles. The van der Waals surface area contributed by atoms with E-state index in [1.807, 2.05) is 0 Å². The fourth-order valence-corrected chi connectivity index (χ4v) is 2.18. The first-order valence-corrected chi connectivity index (χ1v) is 6.21. The minimum atomic E-state index is -1.04. The molecular weight excluding hydrogens is 258 g/mol. The number of aromatic amines is 1. The number of nitrogens with one attached hydrogen (secondary N) is 1. The fourth-order valence-electron chi connectivity index (χ4n) is 1.30. The van der Waals surface area contributed by atoms with E-state index in [1.54, 1.807) is 0 Å². The Morgan fingerprint density at radius 3 is 3.17 bits per heavy atom. The van der Waals surface area contributed by atoms with E-state index in [2.05, 4.69) is 15.1 Å². The molecule has 0 spiro atoms. The number of fused-ring (bicyclic) bond motifs is 1. The highest BCUT2D eigenvalue weighted by Gasteiger charge is 2.11. The summed E-state index contributed by atoms with van der Waals surface area (Å²) in [5.74, 6) is -0.0739. The molecule has 0 radical (unpaired) electrons. The van der Waals surface area contributed by atoms with Crippen molar-refractivity contribution in [1.82, 2.24) is 19.6 Å². The van der Waals surface area contributed by atoms with E-state index < -0.39 is 12.0 Å². The molecule has 2 aromatic heterocycles. The van der Waals surface area contributed by atoms with Gasteiger partial charge < -0.3 is 10.8 Å². The van der Waals surface area contributed by atoms with Gasteiger partial charge in [0.1, 0.15) is 12.4 Å². The number of carboxylic acid groups (broad SMARTS) is 1. The Hall–Kier alpha value is -1.87. The molecule has 96 valence electrons. The van der Waals surface area contributed by atoms with Gasteiger partial charge in [-0.2, -0.15) is 16.3 Å².